The molecule has 2 unspecified atom stereocenters. The number of hydrogen-bond donors (Lipinski definition) is 2. The molecule has 0 aromatic heterocycles. The molecule has 154 valence electrons. The van der Waals surface area contributed by atoms with Gasteiger partial charge in [-0.2, -0.15) is 0 Å². The third kappa shape index (κ3) is 4.36. The van der Waals surface area contributed by atoms with Crippen LogP contribution in [0, 0.1) is 33.1 Å². The van der Waals surface area contributed by atoms with Gasteiger partial charge in [0.15, 0.2) is 5.69 Å². The second-order valence-electron chi connectivity index (χ2n) is 7.06. The molecule has 1 heterocycles. The molecule has 0 bridgehead atoms. The predicted molar refractivity (Wildman–Crippen MR) is 107 cm³/mol. The summed E-state index contributed by atoms with van der Waals surface area (Å²) in [7, 11) is 0. The van der Waals surface area contributed by atoms with E-state index in [1.165, 1.54) is 13.0 Å². The number of nitro groups is 2. The molecule has 9 heteroatoms. The number of hydrogen-bond acceptors (Lipinski definition) is 7. The Labute approximate surface area is 167 Å². The van der Waals surface area contributed by atoms with Crippen molar-refractivity contribution < 1.29 is 19.7 Å². The van der Waals surface area contributed by atoms with E-state index in [0.29, 0.717) is 13.2 Å². The molecule has 0 amide bonds. The maximum absolute atomic E-state index is 11.7. The van der Waals surface area contributed by atoms with Crippen LogP contribution in [0.4, 0.5) is 17.1 Å². The van der Waals surface area contributed by atoms with Crippen molar-refractivity contribution in [2.75, 3.05) is 18.5 Å². The highest BCUT2D eigenvalue weighted by Crippen LogP contribution is 2.41. The zero-order valence-corrected chi connectivity index (χ0v) is 16.0. The van der Waals surface area contributed by atoms with Crippen LogP contribution in [0.25, 0.3) is 0 Å². The van der Waals surface area contributed by atoms with Crippen LogP contribution in [0.3, 0.4) is 0 Å². The van der Waals surface area contributed by atoms with Gasteiger partial charge >= 0.3 is 5.69 Å². The van der Waals surface area contributed by atoms with Crippen molar-refractivity contribution in [2.45, 2.75) is 32.5 Å². The summed E-state index contributed by atoms with van der Waals surface area (Å²) in [6.07, 6.45) is 1.50. The number of nitrogens with zero attached hydrogens (tertiary/aromatic N) is 2. The van der Waals surface area contributed by atoms with Crippen molar-refractivity contribution in [1.29, 1.82) is 0 Å². The van der Waals surface area contributed by atoms with Gasteiger partial charge in [-0.05, 0) is 30.9 Å². The van der Waals surface area contributed by atoms with Crippen molar-refractivity contribution in [3.63, 3.8) is 0 Å². The zero-order chi connectivity index (χ0) is 21.0. The molecule has 2 atom stereocenters. The number of nitrogens with one attached hydrogen (secondary N) is 1. The molecule has 1 fully saturated rings. The summed E-state index contributed by atoms with van der Waals surface area (Å²) in [4.78, 5) is 21.9. The summed E-state index contributed by atoms with van der Waals surface area (Å²) in [5.74, 6) is 0.00295. The average Bonchev–Trinajstić information content (AvgIpc) is 2.72. The van der Waals surface area contributed by atoms with Crippen LogP contribution in [0.2, 0.25) is 0 Å². The normalized spacial score (nSPS) is 19.0. The van der Waals surface area contributed by atoms with Gasteiger partial charge in [-0.3, -0.25) is 20.2 Å². The minimum atomic E-state index is -0.667. The van der Waals surface area contributed by atoms with Gasteiger partial charge in [-0.15, -0.1) is 0 Å². The molecule has 0 radical (unpaired) electrons. The Morgan fingerprint density at radius 1 is 1.21 bits per heavy atom. The van der Waals surface area contributed by atoms with Crippen molar-refractivity contribution in [3.8, 4) is 0 Å². The molecule has 9 nitrogen and oxygen atoms in total. The lowest BCUT2D eigenvalue weighted by Crippen LogP contribution is -2.28. The van der Waals surface area contributed by atoms with Crippen LogP contribution >= 0.6 is 0 Å². The predicted octanol–water partition coefficient (Wildman–Crippen LogP) is 3.88. The Hall–Kier alpha value is -3.04. The van der Waals surface area contributed by atoms with E-state index in [1.54, 1.807) is 0 Å². The highest BCUT2D eigenvalue weighted by Gasteiger charge is 2.32. The fraction of sp³-hybridized carbons (Fsp3) is 0.400. The first kappa shape index (κ1) is 20.7. The minimum absolute atomic E-state index is 0.00295. The van der Waals surface area contributed by atoms with E-state index in [-0.39, 0.29) is 34.5 Å². The Kier molecular flexibility index (Phi) is 6.40. The van der Waals surface area contributed by atoms with E-state index in [0.717, 1.165) is 18.4 Å². The average molecular weight is 401 g/mol. The van der Waals surface area contributed by atoms with Crippen molar-refractivity contribution in [1.82, 2.24) is 0 Å². The Morgan fingerprint density at radius 3 is 2.55 bits per heavy atom. The Morgan fingerprint density at radius 2 is 1.93 bits per heavy atom. The summed E-state index contributed by atoms with van der Waals surface area (Å²) in [5.41, 5.74) is 0.458. The van der Waals surface area contributed by atoms with Gasteiger partial charge in [-0.25, -0.2) is 0 Å². The number of aliphatic hydroxyl groups excluding tert-OH is 1. The Bertz CT molecular complexity index is 903. The van der Waals surface area contributed by atoms with E-state index >= 15 is 0 Å². The van der Waals surface area contributed by atoms with E-state index in [1.807, 2.05) is 30.3 Å². The fourth-order valence-corrected chi connectivity index (χ4v) is 3.81. The quantitative estimate of drug-likeness (QED) is 0.532. The van der Waals surface area contributed by atoms with E-state index in [9.17, 15) is 25.3 Å². The van der Waals surface area contributed by atoms with Crippen LogP contribution in [0.5, 0.6) is 0 Å². The summed E-state index contributed by atoms with van der Waals surface area (Å²) >= 11 is 0. The van der Waals surface area contributed by atoms with E-state index < -0.39 is 22.1 Å². The lowest BCUT2D eigenvalue weighted by atomic mass is 9.89. The molecule has 2 N–H and O–H groups in total. The van der Waals surface area contributed by atoms with Crippen LogP contribution in [0.1, 0.15) is 35.6 Å². The molecule has 1 aliphatic heterocycles. The number of anilines is 1. The van der Waals surface area contributed by atoms with Gasteiger partial charge in [-0.1, -0.05) is 30.3 Å². The maximum atomic E-state index is 11.7. The molecule has 1 saturated heterocycles. The van der Waals surface area contributed by atoms with Gasteiger partial charge in [0.25, 0.3) is 5.69 Å². The third-order valence-corrected chi connectivity index (χ3v) is 5.30. The number of benzene rings is 2. The molecule has 0 saturated carbocycles. The lowest BCUT2D eigenvalue weighted by molar-refractivity contribution is -0.392. The minimum Gasteiger partial charge on any atom is -0.392 e. The summed E-state index contributed by atoms with van der Waals surface area (Å²) in [6.45, 7) is 1.88. The number of aliphatic hydroxyl groups is 1. The first-order chi connectivity index (χ1) is 13.9. The van der Waals surface area contributed by atoms with Crippen LogP contribution in [0.15, 0.2) is 36.4 Å². The van der Waals surface area contributed by atoms with E-state index in [4.69, 9.17) is 4.74 Å². The molecule has 0 aliphatic carbocycles. The standard InChI is InChI=1S/C20H23N3O6/c1-13-16(12-24)10-17(22(25)26)18(19(13)23(27)28)21-11-15-8-5-9-29-20(15)14-6-3-2-4-7-14/h2-4,6-7,10,15,20-21,24H,5,8-9,11-12H2,1H3. The fourth-order valence-electron chi connectivity index (χ4n) is 3.81. The van der Waals surface area contributed by atoms with Gasteiger partial charge in [0, 0.05) is 30.7 Å². The van der Waals surface area contributed by atoms with Gasteiger partial charge in [0.05, 0.1) is 22.6 Å². The highest BCUT2D eigenvalue weighted by molar-refractivity contribution is 5.77. The third-order valence-electron chi connectivity index (χ3n) is 5.30. The van der Waals surface area contributed by atoms with Crippen LogP contribution in [-0.2, 0) is 11.3 Å². The molecule has 2 aromatic carbocycles. The Balaban J connectivity index is 1.93. The molecule has 1 aliphatic rings. The first-order valence-corrected chi connectivity index (χ1v) is 9.40. The largest absolute Gasteiger partial charge is 0.392 e. The molecular formula is C20H23N3O6. The number of rotatable bonds is 7. The van der Waals surface area contributed by atoms with Crippen molar-refractivity contribution >= 4 is 17.1 Å². The number of nitro benzene ring substituents is 2. The summed E-state index contributed by atoms with van der Waals surface area (Å²) < 4.78 is 5.94. The van der Waals surface area contributed by atoms with Crippen molar-refractivity contribution in [3.05, 3.63) is 73.3 Å². The molecule has 0 spiro atoms. The second-order valence-corrected chi connectivity index (χ2v) is 7.06. The lowest BCUT2D eigenvalue weighted by Gasteiger charge is -2.32. The van der Waals surface area contributed by atoms with Gasteiger partial charge < -0.3 is 15.2 Å². The first-order valence-electron chi connectivity index (χ1n) is 9.40. The van der Waals surface area contributed by atoms with E-state index in [2.05, 4.69) is 5.32 Å². The summed E-state index contributed by atoms with van der Waals surface area (Å²) in [6, 6.07) is 10.9. The molecule has 2 aromatic rings. The van der Waals surface area contributed by atoms with Crippen LogP contribution < -0.4 is 5.32 Å². The summed E-state index contributed by atoms with van der Waals surface area (Å²) in [5, 5.41) is 35.6. The molecular weight excluding hydrogens is 378 g/mol. The SMILES string of the molecule is Cc1c(CO)cc([N+](=O)[O-])c(NCC2CCCOC2c2ccccc2)c1[N+](=O)[O-]. The molecule has 3 rings (SSSR count). The molecule has 29 heavy (non-hydrogen) atoms. The van der Waals surface area contributed by atoms with Gasteiger partial charge in [0.1, 0.15) is 0 Å². The second kappa shape index (κ2) is 8.97. The smallest absolute Gasteiger partial charge is 0.302 e. The van der Waals surface area contributed by atoms with Crippen LogP contribution in [-0.4, -0.2) is 28.1 Å². The van der Waals surface area contributed by atoms with Gasteiger partial charge in [0.2, 0.25) is 0 Å². The topological polar surface area (TPSA) is 128 Å². The monoisotopic (exact) mass is 401 g/mol. The maximum Gasteiger partial charge on any atom is 0.302 e. The van der Waals surface area contributed by atoms with Crippen molar-refractivity contribution in [2.24, 2.45) is 5.92 Å². The number of ether oxygens (including phenoxy) is 1. The highest BCUT2D eigenvalue weighted by atomic mass is 16.6. The zero-order valence-electron chi connectivity index (χ0n) is 16.0.